The molecule has 2 rings (SSSR count). The second kappa shape index (κ2) is 14.2. The molecule has 0 bridgehead atoms. The van der Waals surface area contributed by atoms with Crippen LogP contribution in [0.5, 0.6) is 5.75 Å². The molecule has 0 radical (unpaired) electrons. The Balaban J connectivity index is 2.07. The molecule has 180 valence electrons. The van der Waals surface area contributed by atoms with Gasteiger partial charge in [-0.05, 0) is 66.5 Å². The summed E-state index contributed by atoms with van der Waals surface area (Å²) >= 11 is 7.64. The summed E-state index contributed by atoms with van der Waals surface area (Å²) in [6, 6.07) is 14.8. The zero-order valence-corrected chi connectivity index (χ0v) is 21.5. The third-order valence-corrected chi connectivity index (χ3v) is 6.53. The highest BCUT2D eigenvalue weighted by Crippen LogP contribution is 2.23. The number of hydrogen-bond acceptors (Lipinski definition) is 4. The first kappa shape index (κ1) is 27.1. The van der Waals surface area contributed by atoms with Crippen LogP contribution in [0.4, 0.5) is 0 Å². The van der Waals surface area contributed by atoms with Crippen molar-refractivity contribution < 1.29 is 14.3 Å². The van der Waals surface area contributed by atoms with E-state index in [-0.39, 0.29) is 11.8 Å². The van der Waals surface area contributed by atoms with Gasteiger partial charge in [0.1, 0.15) is 11.8 Å². The Morgan fingerprint density at radius 3 is 2.52 bits per heavy atom. The molecule has 0 unspecified atom stereocenters. The van der Waals surface area contributed by atoms with E-state index in [1.807, 2.05) is 55.5 Å². The molecular weight excluding hydrogens is 456 g/mol. The van der Waals surface area contributed by atoms with Crippen LogP contribution < -0.4 is 10.1 Å². The Bertz CT molecular complexity index is 889. The molecule has 2 aromatic rings. The number of carbonyl (C=O) groups is 2. The highest BCUT2D eigenvalue weighted by molar-refractivity contribution is 7.99. The van der Waals surface area contributed by atoms with Crippen molar-refractivity contribution >= 4 is 35.2 Å². The monoisotopic (exact) mass is 490 g/mol. The van der Waals surface area contributed by atoms with E-state index >= 15 is 0 Å². The van der Waals surface area contributed by atoms with E-state index in [9.17, 15) is 9.59 Å². The molecule has 1 atom stereocenters. The fourth-order valence-electron chi connectivity index (χ4n) is 3.40. The summed E-state index contributed by atoms with van der Waals surface area (Å²) in [7, 11) is 1.62. The highest BCUT2D eigenvalue weighted by atomic mass is 35.5. The van der Waals surface area contributed by atoms with Gasteiger partial charge >= 0.3 is 0 Å². The number of halogens is 1. The maximum absolute atomic E-state index is 13.3. The first-order valence-corrected chi connectivity index (χ1v) is 12.8. The van der Waals surface area contributed by atoms with Crippen molar-refractivity contribution in [2.45, 2.75) is 57.5 Å². The van der Waals surface area contributed by atoms with Crippen LogP contribution in [0.15, 0.2) is 53.4 Å². The summed E-state index contributed by atoms with van der Waals surface area (Å²) in [5.74, 6) is 1.78. The van der Waals surface area contributed by atoms with Crippen molar-refractivity contribution in [2.75, 3.05) is 19.4 Å². The number of amides is 2. The van der Waals surface area contributed by atoms with Crippen LogP contribution in [0.2, 0.25) is 5.02 Å². The molecule has 0 spiro atoms. The summed E-state index contributed by atoms with van der Waals surface area (Å²) in [6.07, 6.45) is 1.67. The second-order valence-electron chi connectivity index (χ2n) is 8.34. The van der Waals surface area contributed by atoms with Gasteiger partial charge in [0.25, 0.3) is 0 Å². The fraction of sp³-hybridized carbons (Fsp3) is 0.462. The van der Waals surface area contributed by atoms with E-state index in [0.717, 1.165) is 28.4 Å². The van der Waals surface area contributed by atoms with E-state index in [4.69, 9.17) is 16.3 Å². The van der Waals surface area contributed by atoms with Gasteiger partial charge in [-0.3, -0.25) is 9.59 Å². The van der Waals surface area contributed by atoms with Crippen LogP contribution in [0.1, 0.15) is 45.6 Å². The lowest BCUT2D eigenvalue weighted by Crippen LogP contribution is -2.49. The van der Waals surface area contributed by atoms with Crippen molar-refractivity contribution in [1.82, 2.24) is 10.2 Å². The molecule has 0 saturated heterocycles. The zero-order valence-electron chi connectivity index (χ0n) is 20.0. The molecule has 2 aromatic carbocycles. The third kappa shape index (κ3) is 9.30. The van der Waals surface area contributed by atoms with Crippen molar-refractivity contribution in [3.05, 3.63) is 59.1 Å². The molecule has 5 nitrogen and oxygen atoms in total. The van der Waals surface area contributed by atoms with Gasteiger partial charge < -0.3 is 15.0 Å². The number of nitrogens with one attached hydrogen (secondary N) is 1. The van der Waals surface area contributed by atoms with E-state index in [1.54, 1.807) is 23.8 Å². The molecule has 1 N–H and O–H groups in total. The van der Waals surface area contributed by atoms with E-state index < -0.39 is 6.04 Å². The maximum Gasteiger partial charge on any atom is 0.242 e. The Morgan fingerprint density at radius 1 is 1.15 bits per heavy atom. The lowest BCUT2D eigenvalue weighted by atomic mass is 10.1. The normalized spacial score (nSPS) is 11.8. The van der Waals surface area contributed by atoms with Crippen LogP contribution in [0.3, 0.4) is 0 Å². The van der Waals surface area contributed by atoms with E-state index in [2.05, 4.69) is 19.2 Å². The predicted molar refractivity (Wildman–Crippen MR) is 137 cm³/mol. The fourth-order valence-corrected chi connectivity index (χ4v) is 4.38. The van der Waals surface area contributed by atoms with Crippen LogP contribution in [-0.4, -0.2) is 42.2 Å². The number of hydrogen-bond donors (Lipinski definition) is 1. The first-order chi connectivity index (χ1) is 15.8. The predicted octanol–water partition coefficient (Wildman–Crippen LogP) is 5.80. The minimum absolute atomic E-state index is 0.0129. The van der Waals surface area contributed by atoms with Gasteiger partial charge in [-0.25, -0.2) is 0 Å². The lowest BCUT2D eigenvalue weighted by Gasteiger charge is -2.31. The number of nitrogens with zero attached hydrogens (tertiary/aromatic N) is 1. The van der Waals surface area contributed by atoms with Gasteiger partial charge in [0.15, 0.2) is 0 Å². The SMILES string of the molecule is CC[C@H](C(=O)NCC(C)C)N(Cc1cccc(OC)c1)C(=O)CCCSc1ccc(Cl)cc1. The number of benzene rings is 2. The molecule has 0 saturated carbocycles. The molecule has 0 aliphatic carbocycles. The van der Waals surface area contributed by atoms with Crippen LogP contribution in [0.25, 0.3) is 0 Å². The molecule has 0 aliphatic heterocycles. The molecule has 0 aliphatic rings. The topological polar surface area (TPSA) is 58.6 Å². The van der Waals surface area contributed by atoms with Crippen LogP contribution in [-0.2, 0) is 16.1 Å². The van der Waals surface area contributed by atoms with Crippen LogP contribution in [0, 0.1) is 5.92 Å². The minimum Gasteiger partial charge on any atom is -0.497 e. The van der Waals surface area contributed by atoms with Crippen molar-refractivity contribution in [3.8, 4) is 5.75 Å². The van der Waals surface area contributed by atoms with Crippen molar-refractivity contribution in [3.63, 3.8) is 0 Å². The number of methoxy groups -OCH3 is 1. The summed E-state index contributed by atoms with van der Waals surface area (Å²) in [5.41, 5.74) is 0.938. The third-order valence-electron chi connectivity index (χ3n) is 5.17. The molecular formula is C26H35ClN2O3S. The second-order valence-corrected chi connectivity index (χ2v) is 9.95. The smallest absolute Gasteiger partial charge is 0.242 e. The number of thioether (sulfide) groups is 1. The van der Waals surface area contributed by atoms with Gasteiger partial charge in [-0.15, -0.1) is 11.8 Å². The van der Waals surface area contributed by atoms with Gasteiger partial charge in [0.2, 0.25) is 11.8 Å². The van der Waals surface area contributed by atoms with Crippen molar-refractivity contribution in [2.24, 2.45) is 5.92 Å². The molecule has 0 heterocycles. The summed E-state index contributed by atoms with van der Waals surface area (Å²) < 4.78 is 5.33. The number of ether oxygens (including phenoxy) is 1. The number of rotatable bonds is 13. The number of carbonyl (C=O) groups excluding carboxylic acids is 2. The Kier molecular flexibility index (Phi) is 11.6. The Morgan fingerprint density at radius 2 is 1.88 bits per heavy atom. The molecule has 2 amide bonds. The Hall–Kier alpha value is -2.18. The summed E-state index contributed by atoms with van der Waals surface area (Å²) in [4.78, 5) is 29.1. The molecule has 7 heteroatoms. The highest BCUT2D eigenvalue weighted by Gasteiger charge is 2.28. The standard InChI is InChI=1S/C26H35ClN2O3S/c1-5-24(26(31)28-17-19(2)3)29(18-20-8-6-9-22(16-20)32-4)25(30)10-7-15-33-23-13-11-21(27)12-14-23/h6,8-9,11-14,16,19,24H,5,7,10,15,17-18H2,1-4H3,(H,28,31)/t24-/m1/s1. The largest absolute Gasteiger partial charge is 0.497 e. The minimum atomic E-state index is -0.508. The molecule has 33 heavy (non-hydrogen) atoms. The summed E-state index contributed by atoms with van der Waals surface area (Å²) in [6.45, 7) is 7.02. The summed E-state index contributed by atoms with van der Waals surface area (Å²) in [5, 5.41) is 3.71. The average molecular weight is 491 g/mol. The lowest BCUT2D eigenvalue weighted by molar-refractivity contribution is -0.141. The quantitative estimate of drug-likeness (QED) is 0.285. The van der Waals surface area contributed by atoms with Gasteiger partial charge in [0, 0.05) is 29.4 Å². The molecule has 0 fully saturated rings. The van der Waals surface area contributed by atoms with E-state index in [1.165, 1.54) is 0 Å². The van der Waals surface area contributed by atoms with Gasteiger partial charge in [0.05, 0.1) is 7.11 Å². The Labute approximate surface area is 207 Å². The van der Waals surface area contributed by atoms with Crippen LogP contribution >= 0.6 is 23.4 Å². The average Bonchev–Trinajstić information content (AvgIpc) is 2.81. The van der Waals surface area contributed by atoms with Gasteiger partial charge in [-0.2, -0.15) is 0 Å². The zero-order chi connectivity index (χ0) is 24.2. The van der Waals surface area contributed by atoms with Gasteiger partial charge in [-0.1, -0.05) is 44.5 Å². The molecule has 0 aromatic heterocycles. The van der Waals surface area contributed by atoms with Crippen molar-refractivity contribution in [1.29, 1.82) is 0 Å². The maximum atomic E-state index is 13.3. The van der Waals surface area contributed by atoms with E-state index in [0.29, 0.717) is 36.9 Å². The first-order valence-electron chi connectivity index (χ1n) is 11.4.